The molecule has 0 aliphatic heterocycles. The number of amides is 2. The minimum atomic E-state index is -0.180. The lowest BCUT2D eigenvalue weighted by Crippen LogP contribution is -2.32. The standard InChI is InChI=1S/C25H28N4O2/c1-17(2)16-29(19(4)30)24-10-8-21(12-18(24)3)23-9-7-22(15-27-23)25(31)28-14-20-6-5-11-26-13-20/h5-13,15,17H,14,16H2,1-4H3,(H,28,31). The number of carbonyl (C=O) groups excluding carboxylic acids is 2. The van der Waals surface area contributed by atoms with Crippen molar-refractivity contribution in [2.75, 3.05) is 11.4 Å². The van der Waals surface area contributed by atoms with Gasteiger partial charge in [-0.3, -0.25) is 19.6 Å². The second kappa shape index (κ2) is 9.98. The predicted molar refractivity (Wildman–Crippen MR) is 123 cm³/mol. The maximum atomic E-state index is 12.4. The first-order valence-corrected chi connectivity index (χ1v) is 10.4. The first kappa shape index (κ1) is 22.2. The van der Waals surface area contributed by atoms with Gasteiger partial charge in [-0.15, -0.1) is 0 Å². The fourth-order valence-electron chi connectivity index (χ4n) is 3.37. The number of aryl methyl sites for hydroxylation is 1. The second-order valence-corrected chi connectivity index (χ2v) is 8.00. The summed E-state index contributed by atoms with van der Waals surface area (Å²) in [5.41, 5.74) is 5.08. The minimum Gasteiger partial charge on any atom is -0.348 e. The van der Waals surface area contributed by atoms with Crippen LogP contribution in [0, 0.1) is 12.8 Å². The van der Waals surface area contributed by atoms with Gasteiger partial charge in [0.1, 0.15) is 0 Å². The largest absolute Gasteiger partial charge is 0.348 e. The molecule has 0 spiro atoms. The molecule has 1 aromatic carbocycles. The van der Waals surface area contributed by atoms with Crippen molar-refractivity contribution in [1.29, 1.82) is 0 Å². The van der Waals surface area contributed by atoms with Crippen LogP contribution in [0.4, 0.5) is 5.69 Å². The Bertz CT molecular complexity index is 1050. The smallest absolute Gasteiger partial charge is 0.253 e. The van der Waals surface area contributed by atoms with Crippen LogP contribution >= 0.6 is 0 Å². The third-order valence-electron chi connectivity index (χ3n) is 4.91. The van der Waals surface area contributed by atoms with E-state index in [1.807, 2.05) is 48.2 Å². The highest BCUT2D eigenvalue weighted by Gasteiger charge is 2.16. The molecule has 2 amide bonds. The number of benzene rings is 1. The number of rotatable bonds is 7. The number of nitrogens with one attached hydrogen (secondary N) is 1. The molecule has 0 radical (unpaired) electrons. The van der Waals surface area contributed by atoms with E-state index in [1.54, 1.807) is 31.6 Å². The Morgan fingerprint density at radius 1 is 1.10 bits per heavy atom. The third kappa shape index (κ3) is 5.75. The van der Waals surface area contributed by atoms with Gasteiger partial charge >= 0.3 is 0 Å². The molecular weight excluding hydrogens is 388 g/mol. The number of nitrogens with zero attached hydrogens (tertiary/aromatic N) is 3. The Hall–Kier alpha value is -3.54. The van der Waals surface area contributed by atoms with Gasteiger partial charge in [0, 0.05) is 49.9 Å². The molecule has 31 heavy (non-hydrogen) atoms. The molecule has 0 fully saturated rings. The molecule has 2 aromatic heterocycles. The van der Waals surface area contributed by atoms with Crippen LogP contribution in [0.2, 0.25) is 0 Å². The van der Waals surface area contributed by atoms with Crippen LogP contribution in [0.5, 0.6) is 0 Å². The van der Waals surface area contributed by atoms with Crippen LogP contribution < -0.4 is 10.2 Å². The summed E-state index contributed by atoms with van der Waals surface area (Å²) in [6.45, 7) is 8.87. The van der Waals surface area contributed by atoms with Gasteiger partial charge in [-0.1, -0.05) is 26.0 Å². The number of anilines is 1. The van der Waals surface area contributed by atoms with Crippen molar-refractivity contribution < 1.29 is 9.59 Å². The molecule has 0 aliphatic carbocycles. The minimum absolute atomic E-state index is 0.0318. The first-order valence-electron chi connectivity index (χ1n) is 10.4. The van der Waals surface area contributed by atoms with Gasteiger partial charge in [0.25, 0.3) is 5.91 Å². The molecule has 2 heterocycles. The van der Waals surface area contributed by atoms with Crippen molar-refractivity contribution in [2.24, 2.45) is 5.92 Å². The molecular formula is C25H28N4O2. The van der Waals surface area contributed by atoms with Gasteiger partial charge in [-0.2, -0.15) is 0 Å². The maximum Gasteiger partial charge on any atom is 0.253 e. The molecule has 0 saturated carbocycles. The van der Waals surface area contributed by atoms with E-state index >= 15 is 0 Å². The Kier molecular flexibility index (Phi) is 7.13. The van der Waals surface area contributed by atoms with Gasteiger partial charge in [0.2, 0.25) is 5.91 Å². The van der Waals surface area contributed by atoms with Crippen LogP contribution in [0.3, 0.4) is 0 Å². The Morgan fingerprint density at radius 3 is 2.48 bits per heavy atom. The summed E-state index contributed by atoms with van der Waals surface area (Å²) < 4.78 is 0. The SMILES string of the molecule is CC(=O)N(CC(C)C)c1ccc(-c2ccc(C(=O)NCc3cccnc3)cn2)cc1C. The van der Waals surface area contributed by atoms with Crippen molar-refractivity contribution in [3.63, 3.8) is 0 Å². The monoisotopic (exact) mass is 416 g/mol. The quantitative estimate of drug-likeness (QED) is 0.620. The van der Waals surface area contributed by atoms with Gasteiger partial charge in [0.05, 0.1) is 11.3 Å². The summed E-state index contributed by atoms with van der Waals surface area (Å²) in [4.78, 5) is 34.8. The van der Waals surface area contributed by atoms with E-state index in [0.29, 0.717) is 24.6 Å². The lowest BCUT2D eigenvalue weighted by molar-refractivity contribution is -0.116. The van der Waals surface area contributed by atoms with Crippen LogP contribution in [-0.4, -0.2) is 28.3 Å². The van der Waals surface area contributed by atoms with Gasteiger partial charge in [0.15, 0.2) is 0 Å². The molecule has 6 nitrogen and oxygen atoms in total. The molecule has 0 atom stereocenters. The average molecular weight is 417 g/mol. The summed E-state index contributed by atoms with van der Waals surface area (Å²) in [7, 11) is 0. The van der Waals surface area contributed by atoms with Crippen molar-refractivity contribution >= 4 is 17.5 Å². The van der Waals surface area contributed by atoms with Gasteiger partial charge < -0.3 is 10.2 Å². The van der Waals surface area contributed by atoms with Crippen molar-refractivity contribution in [3.8, 4) is 11.3 Å². The zero-order chi connectivity index (χ0) is 22.4. The molecule has 3 rings (SSSR count). The Balaban J connectivity index is 1.72. The molecule has 0 saturated heterocycles. The zero-order valence-electron chi connectivity index (χ0n) is 18.4. The topological polar surface area (TPSA) is 75.2 Å². The van der Waals surface area contributed by atoms with E-state index in [0.717, 1.165) is 28.1 Å². The lowest BCUT2D eigenvalue weighted by atomic mass is 10.0. The van der Waals surface area contributed by atoms with Crippen molar-refractivity contribution in [2.45, 2.75) is 34.2 Å². The highest BCUT2D eigenvalue weighted by molar-refractivity contribution is 5.94. The molecule has 1 N–H and O–H groups in total. The number of hydrogen-bond donors (Lipinski definition) is 1. The summed E-state index contributed by atoms with van der Waals surface area (Å²) >= 11 is 0. The first-order chi connectivity index (χ1) is 14.8. The van der Waals surface area contributed by atoms with Gasteiger partial charge in [-0.05, 0) is 54.3 Å². The lowest BCUT2D eigenvalue weighted by Gasteiger charge is -2.25. The van der Waals surface area contributed by atoms with Crippen LogP contribution in [0.25, 0.3) is 11.3 Å². The molecule has 6 heteroatoms. The number of carbonyl (C=O) groups is 2. The van der Waals surface area contributed by atoms with E-state index in [4.69, 9.17) is 0 Å². The van der Waals surface area contributed by atoms with E-state index in [2.05, 4.69) is 29.1 Å². The Morgan fingerprint density at radius 2 is 1.90 bits per heavy atom. The van der Waals surface area contributed by atoms with Crippen LogP contribution in [0.15, 0.2) is 61.1 Å². The number of pyridine rings is 2. The summed E-state index contributed by atoms with van der Waals surface area (Å²) in [5.74, 6) is 0.228. The predicted octanol–water partition coefficient (Wildman–Crippen LogP) is 4.39. The van der Waals surface area contributed by atoms with Crippen LogP contribution in [0.1, 0.15) is 42.3 Å². The highest BCUT2D eigenvalue weighted by atomic mass is 16.2. The fraction of sp³-hybridized carbons (Fsp3) is 0.280. The van der Waals surface area contributed by atoms with E-state index in [-0.39, 0.29) is 11.8 Å². The molecule has 3 aromatic rings. The van der Waals surface area contributed by atoms with E-state index in [1.165, 1.54) is 0 Å². The normalized spacial score (nSPS) is 10.7. The highest BCUT2D eigenvalue weighted by Crippen LogP contribution is 2.27. The number of hydrogen-bond acceptors (Lipinski definition) is 4. The molecule has 160 valence electrons. The van der Waals surface area contributed by atoms with E-state index in [9.17, 15) is 9.59 Å². The van der Waals surface area contributed by atoms with Gasteiger partial charge in [-0.25, -0.2) is 0 Å². The second-order valence-electron chi connectivity index (χ2n) is 8.00. The summed E-state index contributed by atoms with van der Waals surface area (Å²) in [5, 5.41) is 2.87. The molecule has 0 bridgehead atoms. The Labute approximate surface area is 183 Å². The molecule has 0 unspecified atom stereocenters. The summed E-state index contributed by atoms with van der Waals surface area (Å²) in [6, 6.07) is 13.3. The maximum absolute atomic E-state index is 12.4. The fourth-order valence-corrected chi connectivity index (χ4v) is 3.37. The van der Waals surface area contributed by atoms with Crippen molar-refractivity contribution in [1.82, 2.24) is 15.3 Å². The van der Waals surface area contributed by atoms with Crippen LogP contribution in [-0.2, 0) is 11.3 Å². The molecule has 0 aliphatic rings. The van der Waals surface area contributed by atoms with E-state index < -0.39 is 0 Å². The average Bonchev–Trinajstić information content (AvgIpc) is 2.76. The summed E-state index contributed by atoms with van der Waals surface area (Å²) in [6.07, 6.45) is 5.00. The third-order valence-corrected chi connectivity index (χ3v) is 4.91. The zero-order valence-corrected chi connectivity index (χ0v) is 18.4. The van der Waals surface area contributed by atoms with Crippen molar-refractivity contribution in [3.05, 3.63) is 77.7 Å². The number of aromatic nitrogens is 2.